The quantitative estimate of drug-likeness (QED) is 0.677. The van der Waals surface area contributed by atoms with E-state index in [9.17, 15) is 10.2 Å². The van der Waals surface area contributed by atoms with E-state index in [0.717, 1.165) is 11.9 Å². The van der Waals surface area contributed by atoms with Crippen LogP contribution in [0.2, 0.25) is 0 Å². The highest BCUT2D eigenvalue weighted by Crippen LogP contribution is 2.17. The first-order valence-electron chi connectivity index (χ1n) is 8.49. The van der Waals surface area contributed by atoms with Crippen LogP contribution in [-0.2, 0) is 18.6 Å². The average molecular weight is 331 g/mol. The van der Waals surface area contributed by atoms with Gasteiger partial charge in [0.05, 0.1) is 6.00 Å². The summed E-state index contributed by atoms with van der Waals surface area (Å²) in [5.41, 5.74) is 0.975. The van der Waals surface area contributed by atoms with Gasteiger partial charge in [-0.2, -0.15) is 0 Å². The zero-order valence-corrected chi connectivity index (χ0v) is 13.6. The van der Waals surface area contributed by atoms with Crippen molar-refractivity contribution in [2.24, 2.45) is 0 Å². The molecule has 1 radical (unpaired) electrons. The van der Waals surface area contributed by atoms with Gasteiger partial charge in [-0.15, -0.1) is 0 Å². The summed E-state index contributed by atoms with van der Waals surface area (Å²) in [6, 6.07) is 7.87. The minimum Gasteiger partial charge on any atom is -0.417 e. The van der Waals surface area contributed by atoms with Gasteiger partial charge < -0.3 is 28.8 Å². The molecule has 0 aromatic heterocycles. The molecule has 6 nitrogen and oxygen atoms in total. The van der Waals surface area contributed by atoms with E-state index in [0.29, 0.717) is 26.2 Å². The molecule has 3 unspecified atom stereocenters. The van der Waals surface area contributed by atoms with Crippen molar-refractivity contribution < 1.29 is 28.8 Å². The molecule has 3 atom stereocenters. The highest BCUT2D eigenvalue weighted by Gasteiger charge is 2.40. The van der Waals surface area contributed by atoms with E-state index in [1.165, 1.54) is 7.69 Å². The molecule has 0 spiro atoms. The Balaban J connectivity index is 1.69. The van der Waals surface area contributed by atoms with Crippen LogP contribution in [0.5, 0.6) is 0 Å². The van der Waals surface area contributed by atoms with Gasteiger partial charge in [-0.05, 0) is 19.3 Å². The van der Waals surface area contributed by atoms with Crippen molar-refractivity contribution in [3.8, 4) is 0 Å². The fraction of sp³-hybridized carbons (Fsp3) is 0.600. The Morgan fingerprint density at radius 3 is 2.58 bits per heavy atom. The Bertz CT molecular complexity index is 481. The van der Waals surface area contributed by atoms with Gasteiger partial charge in [-0.25, -0.2) is 0 Å². The fourth-order valence-electron chi connectivity index (χ4n) is 3.27. The molecule has 127 valence electrons. The van der Waals surface area contributed by atoms with Gasteiger partial charge in [0, 0.05) is 31.8 Å². The molecule has 2 N–H and O–H groups in total. The van der Waals surface area contributed by atoms with Crippen LogP contribution in [-0.4, -0.2) is 69.6 Å². The normalized spacial score (nSPS) is 24.1. The molecule has 0 saturated carbocycles. The monoisotopic (exact) mass is 331 g/mol. The Labute approximate surface area is 144 Å². The second kappa shape index (κ2) is 9.03. The van der Waals surface area contributed by atoms with Crippen LogP contribution in [0.1, 0.15) is 19.3 Å². The Morgan fingerprint density at radius 2 is 1.92 bits per heavy atom. The summed E-state index contributed by atoms with van der Waals surface area (Å²) in [6.07, 6.45) is 1.66. The van der Waals surface area contributed by atoms with E-state index < -0.39 is 19.1 Å². The minimum absolute atomic E-state index is 0.158. The number of benzene rings is 1. The standard InChI is InChI=1S/C15H22B3O6/c19-13(11-14(20)18-22-8-4-9-23-18)17(12-5-2-1-3-6-12)15-7-10-21-16-24-15/h1-3,5-6,13-15,19-20H,4,7-11H2. The Morgan fingerprint density at radius 1 is 1.17 bits per heavy atom. The predicted octanol–water partition coefficient (Wildman–Crippen LogP) is -0.617. The zero-order chi connectivity index (χ0) is 16.8. The van der Waals surface area contributed by atoms with Gasteiger partial charge in [0.15, 0.2) is 0 Å². The SMILES string of the molecule is OC(CC(O)B(c1ccccc1)C1CCO[B]O1)B1OCCCO1. The first-order chi connectivity index (χ1) is 11.8. The molecule has 3 rings (SSSR count). The summed E-state index contributed by atoms with van der Waals surface area (Å²) in [5, 5.41) is 21.2. The highest BCUT2D eigenvalue weighted by atomic mass is 16.6. The van der Waals surface area contributed by atoms with Gasteiger partial charge in [0.25, 0.3) is 0 Å². The van der Waals surface area contributed by atoms with Gasteiger partial charge in [0.1, 0.15) is 0 Å². The fourth-order valence-corrected chi connectivity index (χ4v) is 3.27. The molecule has 0 amide bonds. The zero-order valence-electron chi connectivity index (χ0n) is 13.6. The lowest BCUT2D eigenvalue weighted by Gasteiger charge is -2.33. The van der Waals surface area contributed by atoms with E-state index in [2.05, 4.69) is 0 Å². The van der Waals surface area contributed by atoms with Crippen LogP contribution in [0.4, 0.5) is 0 Å². The molecular weight excluding hydrogens is 309 g/mol. The molecule has 2 aliphatic heterocycles. The molecule has 2 saturated heterocycles. The number of hydrogen-bond donors (Lipinski definition) is 2. The van der Waals surface area contributed by atoms with Crippen molar-refractivity contribution in [2.75, 3.05) is 19.8 Å². The number of rotatable bonds is 6. The first kappa shape index (κ1) is 18.0. The van der Waals surface area contributed by atoms with Crippen molar-refractivity contribution in [3.63, 3.8) is 0 Å². The van der Waals surface area contributed by atoms with Crippen molar-refractivity contribution in [2.45, 2.75) is 37.3 Å². The summed E-state index contributed by atoms with van der Waals surface area (Å²) in [6.45, 7) is 1.43. The number of aliphatic hydroxyl groups excluding tert-OH is 2. The van der Waals surface area contributed by atoms with Crippen LogP contribution in [0.15, 0.2) is 30.3 Å². The smallest absolute Gasteiger partial charge is 0.417 e. The molecule has 2 heterocycles. The first-order valence-corrected chi connectivity index (χ1v) is 8.49. The maximum Gasteiger partial charge on any atom is 0.487 e. The van der Waals surface area contributed by atoms with Crippen LogP contribution < -0.4 is 5.46 Å². The summed E-state index contributed by atoms with van der Waals surface area (Å²) < 4.78 is 21.6. The second-order valence-electron chi connectivity index (χ2n) is 6.20. The lowest BCUT2D eigenvalue weighted by atomic mass is 9.35. The molecule has 0 bridgehead atoms. The van der Waals surface area contributed by atoms with E-state index in [1.54, 1.807) is 0 Å². The van der Waals surface area contributed by atoms with Gasteiger partial charge >= 0.3 is 14.8 Å². The van der Waals surface area contributed by atoms with E-state index >= 15 is 0 Å². The van der Waals surface area contributed by atoms with Crippen molar-refractivity contribution >= 4 is 27.0 Å². The third kappa shape index (κ3) is 4.62. The number of hydrogen-bond acceptors (Lipinski definition) is 6. The molecule has 1 aromatic rings. The maximum atomic E-state index is 10.8. The Hall–Kier alpha value is -0.825. The molecule has 2 aliphatic rings. The largest absolute Gasteiger partial charge is 0.487 e. The summed E-state index contributed by atoms with van der Waals surface area (Å²) >= 11 is 0. The van der Waals surface area contributed by atoms with Crippen molar-refractivity contribution in [1.82, 2.24) is 0 Å². The van der Waals surface area contributed by atoms with Crippen LogP contribution in [0.25, 0.3) is 0 Å². The van der Waals surface area contributed by atoms with Gasteiger partial charge in [-0.3, -0.25) is 0 Å². The summed E-state index contributed by atoms with van der Waals surface area (Å²) in [7, 11) is 0.660. The lowest BCUT2D eigenvalue weighted by molar-refractivity contribution is 0.0702. The molecule has 9 heteroatoms. The van der Waals surface area contributed by atoms with Gasteiger partial charge in [-0.1, -0.05) is 35.8 Å². The van der Waals surface area contributed by atoms with Crippen LogP contribution >= 0.6 is 0 Å². The minimum atomic E-state index is -0.879. The second-order valence-corrected chi connectivity index (χ2v) is 6.20. The third-order valence-corrected chi connectivity index (χ3v) is 4.47. The average Bonchev–Trinajstić information content (AvgIpc) is 2.64. The molecule has 24 heavy (non-hydrogen) atoms. The summed E-state index contributed by atoms with van der Waals surface area (Å²) in [5.74, 6) is 0. The van der Waals surface area contributed by atoms with Crippen LogP contribution in [0, 0.1) is 0 Å². The van der Waals surface area contributed by atoms with Crippen LogP contribution in [0.3, 0.4) is 0 Å². The topological polar surface area (TPSA) is 77.4 Å². The van der Waals surface area contributed by atoms with Crippen molar-refractivity contribution in [1.29, 1.82) is 0 Å². The maximum absolute atomic E-state index is 10.8. The Kier molecular flexibility index (Phi) is 6.77. The third-order valence-electron chi connectivity index (χ3n) is 4.47. The number of aliphatic hydroxyl groups is 2. The molecular formula is C15H22B3O6. The van der Waals surface area contributed by atoms with E-state index in [-0.39, 0.29) is 19.1 Å². The van der Waals surface area contributed by atoms with E-state index in [1.807, 2.05) is 30.3 Å². The van der Waals surface area contributed by atoms with E-state index in [4.69, 9.17) is 18.6 Å². The predicted molar refractivity (Wildman–Crippen MR) is 91.9 cm³/mol. The highest BCUT2D eigenvalue weighted by molar-refractivity contribution is 6.75. The van der Waals surface area contributed by atoms with Crippen molar-refractivity contribution in [3.05, 3.63) is 30.3 Å². The molecule has 2 fully saturated rings. The summed E-state index contributed by atoms with van der Waals surface area (Å²) in [4.78, 5) is 0. The van der Waals surface area contributed by atoms with Gasteiger partial charge in [0.2, 0.25) is 6.71 Å². The molecule has 0 aliphatic carbocycles. The molecule has 1 aromatic carbocycles. The lowest BCUT2D eigenvalue weighted by Crippen LogP contribution is -2.56.